The van der Waals surface area contributed by atoms with Crippen molar-refractivity contribution in [3.63, 3.8) is 0 Å². The second-order valence-electron chi connectivity index (χ2n) is 6.30. The normalized spacial score (nSPS) is 11.7. The number of nitrogens with zero attached hydrogens (tertiary/aromatic N) is 5. The highest BCUT2D eigenvalue weighted by molar-refractivity contribution is 5.80. The van der Waals surface area contributed by atoms with Crippen molar-refractivity contribution in [3.8, 4) is 17.3 Å². The second kappa shape index (κ2) is 9.00. The van der Waals surface area contributed by atoms with Gasteiger partial charge in [-0.25, -0.2) is 14.3 Å². The van der Waals surface area contributed by atoms with Crippen LogP contribution in [0.5, 0.6) is 11.5 Å². The molecule has 1 aromatic carbocycles. The number of ether oxygens (including phenoxy) is 2. The summed E-state index contributed by atoms with van der Waals surface area (Å²) >= 11 is 0. The van der Waals surface area contributed by atoms with Crippen molar-refractivity contribution >= 4 is 5.91 Å². The maximum absolute atomic E-state index is 12.3. The summed E-state index contributed by atoms with van der Waals surface area (Å²) in [6.07, 6.45) is 2.12. The van der Waals surface area contributed by atoms with Crippen LogP contribution in [0.3, 0.4) is 0 Å². The number of aryl methyl sites for hydroxylation is 1. The van der Waals surface area contributed by atoms with E-state index in [-0.39, 0.29) is 24.6 Å². The Morgan fingerprint density at radius 3 is 2.79 bits per heavy atom. The van der Waals surface area contributed by atoms with E-state index in [1.54, 1.807) is 26.2 Å². The molecule has 3 aromatic rings. The highest BCUT2D eigenvalue weighted by Gasteiger charge is 2.16. The fourth-order valence-corrected chi connectivity index (χ4v) is 2.59. The number of benzene rings is 1. The van der Waals surface area contributed by atoms with Crippen LogP contribution in [0.25, 0.3) is 5.82 Å². The zero-order chi connectivity index (χ0) is 20.8. The van der Waals surface area contributed by atoms with Crippen LogP contribution in [0.1, 0.15) is 12.5 Å². The van der Waals surface area contributed by atoms with E-state index in [4.69, 9.17) is 9.47 Å². The van der Waals surface area contributed by atoms with Gasteiger partial charge in [-0.15, -0.1) is 5.10 Å². The number of methoxy groups -OCH3 is 1. The van der Waals surface area contributed by atoms with Crippen molar-refractivity contribution in [2.75, 3.05) is 13.7 Å². The van der Waals surface area contributed by atoms with Crippen LogP contribution in [-0.4, -0.2) is 50.2 Å². The monoisotopic (exact) mass is 398 g/mol. The number of carbonyl (C=O) groups is 1. The average molecular weight is 398 g/mol. The van der Waals surface area contributed by atoms with Crippen LogP contribution in [0.2, 0.25) is 0 Å². The summed E-state index contributed by atoms with van der Waals surface area (Å²) in [4.78, 5) is 28.2. The molecule has 0 aliphatic rings. The summed E-state index contributed by atoms with van der Waals surface area (Å²) in [5.41, 5.74) is 0.745. The lowest BCUT2D eigenvalue weighted by molar-refractivity contribution is -0.127. The molecule has 10 nitrogen and oxygen atoms in total. The Hall–Kier alpha value is -3.69. The highest BCUT2D eigenvalue weighted by atomic mass is 16.5. The maximum atomic E-state index is 12.3. The molecule has 0 bridgehead atoms. The molecule has 3 rings (SSSR count). The van der Waals surface area contributed by atoms with Crippen LogP contribution in [0.15, 0.2) is 47.8 Å². The lowest BCUT2D eigenvalue weighted by atomic mass is 10.2. The number of aromatic nitrogens is 5. The summed E-state index contributed by atoms with van der Waals surface area (Å²) < 4.78 is 13.7. The molecule has 10 heteroatoms. The zero-order valence-electron chi connectivity index (χ0n) is 16.4. The number of hydrogen-bond acceptors (Lipinski definition) is 7. The SMILES string of the molecule is COc1cc(C)ccc1OC(C)C(=O)NCCn1nc(-n2cncn2)ccc1=O. The topological polar surface area (TPSA) is 113 Å². The first-order chi connectivity index (χ1) is 14.0. The van der Waals surface area contributed by atoms with E-state index in [9.17, 15) is 9.59 Å². The highest BCUT2D eigenvalue weighted by Crippen LogP contribution is 2.28. The third kappa shape index (κ3) is 4.98. The molecular formula is C19H22N6O4. The van der Waals surface area contributed by atoms with Gasteiger partial charge in [0.15, 0.2) is 23.4 Å². The molecule has 2 aromatic heterocycles. The summed E-state index contributed by atoms with van der Waals surface area (Å²) in [7, 11) is 1.55. The number of nitrogens with one attached hydrogen (secondary N) is 1. The first-order valence-corrected chi connectivity index (χ1v) is 9.00. The van der Waals surface area contributed by atoms with Crippen LogP contribution < -0.4 is 20.3 Å². The Balaban J connectivity index is 1.57. The number of rotatable bonds is 8. The number of hydrogen-bond donors (Lipinski definition) is 1. The molecule has 1 atom stereocenters. The molecule has 1 N–H and O–H groups in total. The lowest BCUT2D eigenvalue weighted by Gasteiger charge is -2.17. The van der Waals surface area contributed by atoms with Gasteiger partial charge in [-0.05, 0) is 37.6 Å². The third-order valence-corrected chi connectivity index (χ3v) is 4.12. The molecular weight excluding hydrogens is 376 g/mol. The first-order valence-electron chi connectivity index (χ1n) is 9.00. The quantitative estimate of drug-likeness (QED) is 0.595. The molecule has 29 heavy (non-hydrogen) atoms. The molecule has 0 saturated carbocycles. The van der Waals surface area contributed by atoms with Crippen LogP contribution in [-0.2, 0) is 11.3 Å². The van der Waals surface area contributed by atoms with Gasteiger partial charge < -0.3 is 14.8 Å². The van der Waals surface area contributed by atoms with Gasteiger partial charge in [0.1, 0.15) is 12.7 Å². The van der Waals surface area contributed by atoms with Crippen LogP contribution >= 0.6 is 0 Å². The summed E-state index contributed by atoms with van der Waals surface area (Å²) in [5, 5.41) is 10.9. The molecule has 152 valence electrons. The van der Waals surface area contributed by atoms with E-state index in [0.29, 0.717) is 17.3 Å². The molecule has 1 unspecified atom stereocenters. The van der Waals surface area contributed by atoms with Crippen molar-refractivity contribution in [1.82, 2.24) is 29.9 Å². The third-order valence-electron chi connectivity index (χ3n) is 4.12. The zero-order valence-corrected chi connectivity index (χ0v) is 16.4. The van der Waals surface area contributed by atoms with E-state index in [2.05, 4.69) is 20.5 Å². The predicted octanol–water partition coefficient (Wildman–Crippen LogP) is 0.725. The Morgan fingerprint density at radius 1 is 1.24 bits per heavy atom. The maximum Gasteiger partial charge on any atom is 0.266 e. The Bertz CT molecular complexity index is 1030. The molecule has 2 heterocycles. The molecule has 0 spiro atoms. The van der Waals surface area contributed by atoms with Crippen LogP contribution in [0, 0.1) is 6.92 Å². The Labute approximate surface area is 167 Å². The first kappa shape index (κ1) is 20.1. The smallest absolute Gasteiger partial charge is 0.266 e. The predicted molar refractivity (Wildman–Crippen MR) is 104 cm³/mol. The summed E-state index contributed by atoms with van der Waals surface area (Å²) in [6, 6.07) is 8.41. The minimum atomic E-state index is -0.738. The van der Waals surface area contributed by atoms with E-state index in [1.165, 1.54) is 28.1 Å². The standard InChI is InChI=1S/C19H22N6O4/c1-13-4-5-15(16(10-13)28-3)29-14(2)19(27)21-8-9-24-18(26)7-6-17(23-24)25-12-20-11-22-25/h4-7,10-12,14H,8-9H2,1-3H3,(H,21,27). The van der Waals surface area contributed by atoms with Gasteiger partial charge in [-0.2, -0.15) is 5.10 Å². The van der Waals surface area contributed by atoms with Crippen molar-refractivity contribution in [1.29, 1.82) is 0 Å². The second-order valence-corrected chi connectivity index (χ2v) is 6.30. The van der Waals surface area contributed by atoms with Gasteiger partial charge in [0, 0.05) is 12.6 Å². The van der Waals surface area contributed by atoms with Gasteiger partial charge in [-0.3, -0.25) is 9.59 Å². The van der Waals surface area contributed by atoms with Crippen molar-refractivity contribution in [2.24, 2.45) is 0 Å². The van der Waals surface area contributed by atoms with E-state index in [1.807, 2.05) is 19.1 Å². The molecule has 0 radical (unpaired) electrons. The van der Waals surface area contributed by atoms with Gasteiger partial charge in [0.2, 0.25) is 0 Å². The van der Waals surface area contributed by atoms with Crippen molar-refractivity contribution < 1.29 is 14.3 Å². The van der Waals surface area contributed by atoms with Crippen LogP contribution in [0.4, 0.5) is 0 Å². The fraction of sp³-hybridized carbons (Fsp3) is 0.316. The fourth-order valence-electron chi connectivity index (χ4n) is 2.59. The van der Waals surface area contributed by atoms with Gasteiger partial charge in [0.25, 0.3) is 11.5 Å². The largest absolute Gasteiger partial charge is 0.493 e. The van der Waals surface area contributed by atoms with Gasteiger partial charge in [-0.1, -0.05) is 6.07 Å². The minimum Gasteiger partial charge on any atom is -0.493 e. The van der Waals surface area contributed by atoms with Gasteiger partial charge in [0.05, 0.1) is 13.7 Å². The van der Waals surface area contributed by atoms with E-state index < -0.39 is 6.10 Å². The number of carbonyl (C=O) groups excluding carboxylic acids is 1. The molecule has 0 aliphatic heterocycles. The molecule has 0 fully saturated rings. The molecule has 0 saturated heterocycles. The number of amides is 1. The molecule has 1 amide bonds. The van der Waals surface area contributed by atoms with Crippen molar-refractivity contribution in [2.45, 2.75) is 26.5 Å². The Kier molecular flexibility index (Phi) is 6.22. The Morgan fingerprint density at radius 2 is 2.07 bits per heavy atom. The van der Waals surface area contributed by atoms with E-state index >= 15 is 0 Å². The average Bonchev–Trinajstić information content (AvgIpc) is 3.25. The lowest BCUT2D eigenvalue weighted by Crippen LogP contribution is -2.39. The summed E-state index contributed by atoms with van der Waals surface area (Å²) in [6.45, 7) is 4.00. The van der Waals surface area contributed by atoms with Crippen molar-refractivity contribution in [3.05, 3.63) is 58.9 Å². The summed E-state index contributed by atoms with van der Waals surface area (Å²) in [5.74, 6) is 1.19. The van der Waals surface area contributed by atoms with Gasteiger partial charge >= 0.3 is 0 Å². The molecule has 0 aliphatic carbocycles. The van der Waals surface area contributed by atoms with E-state index in [0.717, 1.165) is 5.56 Å². The minimum absolute atomic E-state index is 0.202.